The SMILES string of the molecule is CCC1CCC(CC)N1c1cccc(C)n1. The summed E-state index contributed by atoms with van der Waals surface area (Å²) in [4.78, 5) is 7.23. The first-order valence-electron chi connectivity index (χ1n) is 6.48. The molecule has 1 aliphatic heterocycles. The maximum absolute atomic E-state index is 4.68. The number of anilines is 1. The van der Waals surface area contributed by atoms with Crippen LogP contribution in [-0.4, -0.2) is 17.1 Å². The standard InChI is InChI=1S/C14H22N2/c1-4-12-9-10-13(5-2)16(12)14-8-6-7-11(3)15-14/h6-8,12-13H,4-5,9-10H2,1-3H3. The lowest BCUT2D eigenvalue weighted by atomic mass is 10.1. The highest BCUT2D eigenvalue weighted by Gasteiger charge is 2.31. The van der Waals surface area contributed by atoms with Crippen LogP contribution in [-0.2, 0) is 0 Å². The van der Waals surface area contributed by atoms with Crippen molar-refractivity contribution in [1.82, 2.24) is 4.98 Å². The van der Waals surface area contributed by atoms with Gasteiger partial charge in [0.25, 0.3) is 0 Å². The van der Waals surface area contributed by atoms with Crippen molar-refractivity contribution in [3.8, 4) is 0 Å². The molecule has 0 amide bonds. The van der Waals surface area contributed by atoms with Gasteiger partial charge in [-0.05, 0) is 44.7 Å². The van der Waals surface area contributed by atoms with Gasteiger partial charge < -0.3 is 4.90 Å². The summed E-state index contributed by atoms with van der Waals surface area (Å²) in [5.74, 6) is 1.18. The molecule has 1 aromatic rings. The van der Waals surface area contributed by atoms with Crippen LogP contribution in [0.25, 0.3) is 0 Å². The molecule has 2 unspecified atom stereocenters. The van der Waals surface area contributed by atoms with Crippen molar-refractivity contribution in [3.63, 3.8) is 0 Å². The quantitative estimate of drug-likeness (QED) is 0.771. The molecule has 1 saturated heterocycles. The number of pyridine rings is 1. The largest absolute Gasteiger partial charge is 0.351 e. The minimum atomic E-state index is 0.694. The zero-order chi connectivity index (χ0) is 11.5. The molecule has 0 saturated carbocycles. The van der Waals surface area contributed by atoms with Crippen LogP contribution in [0.4, 0.5) is 5.82 Å². The maximum Gasteiger partial charge on any atom is 0.129 e. The topological polar surface area (TPSA) is 16.1 Å². The van der Waals surface area contributed by atoms with E-state index in [1.165, 1.54) is 31.5 Å². The van der Waals surface area contributed by atoms with Gasteiger partial charge in [0.2, 0.25) is 0 Å². The number of hydrogen-bond donors (Lipinski definition) is 0. The van der Waals surface area contributed by atoms with E-state index in [9.17, 15) is 0 Å². The zero-order valence-electron chi connectivity index (χ0n) is 10.6. The Labute approximate surface area is 98.7 Å². The van der Waals surface area contributed by atoms with Crippen molar-refractivity contribution in [2.24, 2.45) is 0 Å². The van der Waals surface area contributed by atoms with Gasteiger partial charge in [-0.3, -0.25) is 0 Å². The molecule has 2 heterocycles. The molecular formula is C14H22N2. The summed E-state index contributed by atoms with van der Waals surface area (Å²) < 4.78 is 0. The summed E-state index contributed by atoms with van der Waals surface area (Å²) in [5, 5.41) is 0. The highest BCUT2D eigenvalue weighted by Crippen LogP contribution is 2.32. The van der Waals surface area contributed by atoms with E-state index in [-0.39, 0.29) is 0 Å². The van der Waals surface area contributed by atoms with E-state index in [0.29, 0.717) is 12.1 Å². The molecule has 2 atom stereocenters. The Bertz CT molecular complexity index is 336. The van der Waals surface area contributed by atoms with E-state index in [1.807, 2.05) is 0 Å². The summed E-state index contributed by atoms with van der Waals surface area (Å²) in [5.41, 5.74) is 1.12. The van der Waals surface area contributed by atoms with Crippen LogP contribution in [0, 0.1) is 6.92 Å². The minimum Gasteiger partial charge on any atom is -0.351 e. The van der Waals surface area contributed by atoms with Crippen molar-refractivity contribution in [2.75, 3.05) is 4.90 Å². The van der Waals surface area contributed by atoms with Crippen LogP contribution >= 0.6 is 0 Å². The third-order valence-corrected chi connectivity index (χ3v) is 3.70. The number of aryl methyl sites for hydroxylation is 1. The Balaban J connectivity index is 2.28. The van der Waals surface area contributed by atoms with Gasteiger partial charge in [-0.2, -0.15) is 0 Å². The molecule has 88 valence electrons. The molecule has 1 fully saturated rings. The third-order valence-electron chi connectivity index (χ3n) is 3.70. The van der Waals surface area contributed by atoms with Crippen molar-refractivity contribution < 1.29 is 0 Å². The summed E-state index contributed by atoms with van der Waals surface area (Å²) >= 11 is 0. The lowest BCUT2D eigenvalue weighted by Crippen LogP contribution is -2.36. The van der Waals surface area contributed by atoms with E-state index in [2.05, 4.69) is 48.9 Å². The minimum absolute atomic E-state index is 0.694. The van der Waals surface area contributed by atoms with Crippen LogP contribution < -0.4 is 4.90 Å². The molecule has 2 nitrogen and oxygen atoms in total. The highest BCUT2D eigenvalue weighted by atomic mass is 15.3. The molecule has 0 aromatic carbocycles. The van der Waals surface area contributed by atoms with Crippen LogP contribution in [0.15, 0.2) is 18.2 Å². The Kier molecular flexibility index (Phi) is 3.47. The predicted molar refractivity (Wildman–Crippen MR) is 68.8 cm³/mol. The second-order valence-electron chi connectivity index (χ2n) is 4.75. The van der Waals surface area contributed by atoms with E-state index >= 15 is 0 Å². The van der Waals surface area contributed by atoms with Gasteiger partial charge >= 0.3 is 0 Å². The number of aromatic nitrogens is 1. The lowest BCUT2D eigenvalue weighted by molar-refractivity contribution is 0.592. The van der Waals surface area contributed by atoms with Gasteiger partial charge in [0.05, 0.1) is 0 Å². The third kappa shape index (κ3) is 2.06. The van der Waals surface area contributed by atoms with Crippen molar-refractivity contribution in [3.05, 3.63) is 23.9 Å². The fourth-order valence-corrected chi connectivity index (χ4v) is 2.81. The second kappa shape index (κ2) is 4.86. The Morgan fingerprint density at radius 2 is 1.81 bits per heavy atom. The maximum atomic E-state index is 4.68. The number of nitrogens with zero attached hydrogens (tertiary/aromatic N) is 2. The highest BCUT2D eigenvalue weighted by molar-refractivity contribution is 5.43. The molecule has 2 rings (SSSR count). The van der Waals surface area contributed by atoms with E-state index in [1.54, 1.807) is 0 Å². The molecule has 0 spiro atoms. The van der Waals surface area contributed by atoms with Gasteiger partial charge in [0.15, 0.2) is 0 Å². The molecule has 1 aliphatic rings. The Morgan fingerprint density at radius 1 is 1.19 bits per heavy atom. The van der Waals surface area contributed by atoms with Crippen molar-refractivity contribution >= 4 is 5.82 Å². The fraction of sp³-hybridized carbons (Fsp3) is 0.643. The molecular weight excluding hydrogens is 196 g/mol. The summed E-state index contributed by atoms with van der Waals surface area (Å²) in [6.45, 7) is 6.64. The molecule has 16 heavy (non-hydrogen) atoms. The van der Waals surface area contributed by atoms with Gasteiger partial charge in [0.1, 0.15) is 5.82 Å². The van der Waals surface area contributed by atoms with Crippen LogP contribution in [0.1, 0.15) is 45.2 Å². The number of hydrogen-bond acceptors (Lipinski definition) is 2. The fourth-order valence-electron chi connectivity index (χ4n) is 2.81. The average Bonchev–Trinajstić information content (AvgIpc) is 2.71. The molecule has 0 aliphatic carbocycles. The van der Waals surface area contributed by atoms with Crippen LogP contribution in [0.3, 0.4) is 0 Å². The Hall–Kier alpha value is -1.05. The smallest absolute Gasteiger partial charge is 0.129 e. The van der Waals surface area contributed by atoms with Crippen LogP contribution in [0.2, 0.25) is 0 Å². The van der Waals surface area contributed by atoms with Crippen molar-refractivity contribution in [2.45, 2.75) is 58.5 Å². The first kappa shape index (κ1) is 11.4. The van der Waals surface area contributed by atoms with Gasteiger partial charge in [0, 0.05) is 17.8 Å². The van der Waals surface area contributed by atoms with Gasteiger partial charge in [-0.1, -0.05) is 19.9 Å². The Morgan fingerprint density at radius 3 is 2.31 bits per heavy atom. The predicted octanol–water partition coefficient (Wildman–Crippen LogP) is 3.55. The van der Waals surface area contributed by atoms with E-state index < -0.39 is 0 Å². The second-order valence-corrected chi connectivity index (χ2v) is 4.75. The average molecular weight is 218 g/mol. The van der Waals surface area contributed by atoms with E-state index in [4.69, 9.17) is 0 Å². The zero-order valence-corrected chi connectivity index (χ0v) is 10.6. The van der Waals surface area contributed by atoms with E-state index in [0.717, 1.165) is 5.69 Å². The molecule has 0 radical (unpaired) electrons. The molecule has 2 heteroatoms. The van der Waals surface area contributed by atoms with Crippen molar-refractivity contribution in [1.29, 1.82) is 0 Å². The molecule has 1 aromatic heterocycles. The summed E-state index contributed by atoms with van der Waals surface area (Å²) in [6.07, 6.45) is 5.10. The van der Waals surface area contributed by atoms with Gasteiger partial charge in [-0.15, -0.1) is 0 Å². The first-order valence-corrected chi connectivity index (χ1v) is 6.48. The monoisotopic (exact) mass is 218 g/mol. The normalized spacial score (nSPS) is 25.1. The summed E-state index contributed by atoms with van der Waals surface area (Å²) in [7, 11) is 0. The first-order chi connectivity index (χ1) is 7.76. The summed E-state index contributed by atoms with van der Waals surface area (Å²) in [6, 6.07) is 7.74. The molecule has 0 N–H and O–H groups in total. The van der Waals surface area contributed by atoms with Crippen LogP contribution in [0.5, 0.6) is 0 Å². The molecule has 0 bridgehead atoms. The van der Waals surface area contributed by atoms with Gasteiger partial charge in [-0.25, -0.2) is 4.98 Å². The lowest BCUT2D eigenvalue weighted by Gasteiger charge is -2.30. The number of rotatable bonds is 3.